The van der Waals surface area contributed by atoms with Gasteiger partial charge < -0.3 is 5.32 Å². The number of nitrogens with one attached hydrogen (secondary N) is 1. The fourth-order valence-corrected chi connectivity index (χ4v) is 3.58. The number of hydrogen-bond donors (Lipinski definition) is 1. The zero-order valence-corrected chi connectivity index (χ0v) is 13.8. The highest BCUT2D eigenvalue weighted by Gasteiger charge is 2.28. The topological polar surface area (TPSA) is 50.7 Å². The minimum Gasteiger partial charge on any atom is -0.348 e. The van der Waals surface area contributed by atoms with E-state index in [0.717, 1.165) is 15.8 Å². The first-order valence-corrected chi connectivity index (χ1v) is 8.69. The van der Waals surface area contributed by atoms with Gasteiger partial charge in [-0.1, -0.05) is 47.2 Å². The third kappa shape index (κ3) is 3.24. The minimum atomic E-state index is -0.0175. The molecule has 1 unspecified atom stereocenters. The summed E-state index contributed by atoms with van der Waals surface area (Å²) < 4.78 is 0. The van der Waals surface area contributed by atoms with Gasteiger partial charge >= 0.3 is 0 Å². The number of anilines is 1. The van der Waals surface area contributed by atoms with Crippen LogP contribution in [0.3, 0.4) is 0 Å². The lowest BCUT2D eigenvalue weighted by molar-refractivity contribution is 0.872. The highest BCUT2D eigenvalue weighted by molar-refractivity contribution is 7.15. The fourth-order valence-electron chi connectivity index (χ4n) is 2.64. The van der Waals surface area contributed by atoms with Crippen LogP contribution >= 0.6 is 11.3 Å². The average molecular weight is 322 g/mol. The summed E-state index contributed by atoms with van der Waals surface area (Å²) in [6.45, 7) is 2.11. The van der Waals surface area contributed by atoms with Crippen molar-refractivity contribution in [3.05, 3.63) is 70.5 Å². The monoisotopic (exact) mass is 322 g/mol. The van der Waals surface area contributed by atoms with E-state index in [0.29, 0.717) is 5.92 Å². The number of benzene rings is 1. The number of aromatic nitrogens is 3. The molecule has 23 heavy (non-hydrogen) atoms. The SMILES string of the molecule is Cc1cccc(C(Nc2nnc(C3CC3)s2)c2ccccn2)c1. The maximum absolute atomic E-state index is 4.53. The number of pyridine rings is 1. The van der Waals surface area contributed by atoms with Gasteiger partial charge in [0.15, 0.2) is 0 Å². The van der Waals surface area contributed by atoms with Crippen LogP contribution in [0.15, 0.2) is 48.7 Å². The van der Waals surface area contributed by atoms with E-state index in [4.69, 9.17) is 0 Å². The molecule has 1 fully saturated rings. The second-order valence-electron chi connectivity index (χ2n) is 5.97. The largest absolute Gasteiger partial charge is 0.348 e. The van der Waals surface area contributed by atoms with Gasteiger partial charge in [-0.05, 0) is 37.5 Å². The van der Waals surface area contributed by atoms with Crippen molar-refractivity contribution >= 4 is 16.5 Å². The summed E-state index contributed by atoms with van der Waals surface area (Å²) in [6, 6.07) is 14.5. The molecule has 1 saturated carbocycles. The number of rotatable bonds is 5. The van der Waals surface area contributed by atoms with Gasteiger partial charge in [0, 0.05) is 12.1 Å². The van der Waals surface area contributed by atoms with Crippen molar-refractivity contribution in [2.75, 3.05) is 5.32 Å². The van der Waals surface area contributed by atoms with Gasteiger partial charge in [-0.2, -0.15) is 0 Å². The van der Waals surface area contributed by atoms with Gasteiger partial charge in [0.25, 0.3) is 0 Å². The van der Waals surface area contributed by atoms with Gasteiger partial charge in [0.1, 0.15) is 5.01 Å². The molecule has 1 aliphatic carbocycles. The van der Waals surface area contributed by atoms with Crippen molar-refractivity contribution in [3.8, 4) is 0 Å². The maximum Gasteiger partial charge on any atom is 0.206 e. The Kier molecular flexibility index (Phi) is 3.79. The third-order valence-corrected chi connectivity index (χ3v) is 5.01. The van der Waals surface area contributed by atoms with E-state index in [-0.39, 0.29) is 6.04 Å². The lowest BCUT2D eigenvalue weighted by Gasteiger charge is -2.18. The summed E-state index contributed by atoms with van der Waals surface area (Å²) in [5.41, 5.74) is 3.41. The molecule has 2 aromatic heterocycles. The summed E-state index contributed by atoms with van der Waals surface area (Å²) in [7, 11) is 0. The molecule has 4 nitrogen and oxygen atoms in total. The lowest BCUT2D eigenvalue weighted by Crippen LogP contribution is -2.13. The summed E-state index contributed by atoms with van der Waals surface area (Å²) in [5, 5.41) is 14.2. The molecule has 3 aromatic rings. The predicted molar refractivity (Wildman–Crippen MR) is 92.8 cm³/mol. The summed E-state index contributed by atoms with van der Waals surface area (Å²) in [4.78, 5) is 4.53. The summed E-state index contributed by atoms with van der Waals surface area (Å²) >= 11 is 1.66. The third-order valence-electron chi connectivity index (χ3n) is 3.99. The molecule has 1 aromatic carbocycles. The Morgan fingerprint density at radius 3 is 2.78 bits per heavy atom. The molecular weight excluding hydrogens is 304 g/mol. The molecule has 0 spiro atoms. The van der Waals surface area contributed by atoms with Crippen molar-refractivity contribution in [2.45, 2.75) is 31.7 Å². The van der Waals surface area contributed by atoms with E-state index >= 15 is 0 Å². The molecule has 5 heteroatoms. The Morgan fingerprint density at radius 1 is 1.13 bits per heavy atom. The Labute approximate surface area is 139 Å². The number of aryl methyl sites for hydroxylation is 1. The second kappa shape index (κ2) is 6.08. The Morgan fingerprint density at radius 2 is 2.04 bits per heavy atom. The number of hydrogen-bond acceptors (Lipinski definition) is 5. The van der Waals surface area contributed by atoms with E-state index in [1.165, 1.54) is 24.0 Å². The molecule has 0 amide bonds. The van der Waals surface area contributed by atoms with E-state index in [2.05, 4.69) is 51.7 Å². The van der Waals surface area contributed by atoms with Crippen molar-refractivity contribution < 1.29 is 0 Å². The van der Waals surface area contributed by atoms with Crippen molar-refractivity contribution in [1.82, 2.24) is 15.2 Å². The smallest absolute Gasteiger partial charge is 0.206 e. The van der Waals surface area contributed by atoms with Crippen LogP contribution < -0.4 is 5.32 Å². The molecule has 4 rings (SSSR count). The van der Waals surface area contributed by atoms with Crippen LogP contribution in [-0.2, 0) is 0 Å². The van der Waals surface area contributed by atoms with Crippen LogP contribution in [0.2, 0.25) is 0 Å². The Hall–Kier alpha value is -2.27. The maximum atomic E-state index is 4.53. The number of nitrogens with zero attached hydrogens (tertiary/aromatic N) is 3. The molecular formula is C18H18N4S. The van der Waals surface area contributed by atoms with E-state index in [1.54, 1.807) is 11.3 Å². The van der Waals surface area contributed by atoms with E-state index in [1.807, 2.05) is 24.4 Å². The van der Waals surface area contributed by atoms with Gasteiger partial charge in [-0.3, -0.25) is 4.98 Å². The molecule has 0 saturated heterocycles. The summed E-state index contributed by atoms with van der Waals surface area (Å²) in [6.07, 6.45) is 4.32. The molecule has 2 heterocycles. The zero-order chi connectivity index (χ0) is 15.6. The van der Waals surface area contributed by atoms with Crippen LogP contribution in [0.4, 0.5) is 5.13 Å². The molecule has 0 radical (unpaired) electrons. The molecule has 1 aliphatic rings. The van der Waals surface area contributed by atoms with Crippen LogP contribution in [0.25, 0.3) is 0 Å². The summed E-state index contributed by atoms with van der Waals surface area (Å²) in [5.74, 6) is 0.635. The second-order valence-corrected chi connectivity index (χ2v) is 6.97. The normalized spacial score (nSPS) is 15.3. The first-order chi connectivity index (χ1) is 11.3. The molecule has 0 aliphatic heterocycles. The molecule has 116 valence electrons. The highest BCUT2D eigenvalue weighted by atomic mass is 32.1. The molecule has 0 bridgehead atoms. The van der Waals surface area contributed by atoms with Crippen LogP contribution in [0, 0.1) is 6.92 Å². The molecule has 1 atom stereocenters. The van der Waals surface area contributed by atoms with Crippen molar-refractivity contribution in [1.29, 1.82) is 0 Å². The van der Waals surface area contributed by atoms with Crippen molar-refractivity contribution in [2.24, 2.45) is 0 Å². The lowest BCUT2D eigenvalue weighted by atomic mass is 10.0. The standard InChI is InChI=1S/C18H18N4S/c1-12-5-4-6-14(11-12)16(15-7-2-3-10-19-15)20-18-22-21-17(23-18)13-8-9-13/h2-7,10-11,13,16H,8-9H2,1H3,(H,20,22). The van der Waals surface area contributed by atoms with Crippen LogP contribution in [-0.4, -0.2) is 15.2 Å². The Bertz CT molecular complexity index is 796. The van der Waals surface area contributed by atoms with Gasteiger partial charge in [-0.15, -0.1) is 10.2 Å². The van der Waals surface area contributed by atoms with Crippen molar-refractivity contribution in [3.63, 3.8) is 0 Å². The fraction of sp³-hybridized carbons (Fsp3) is 0.278. The van der Waals surface area contributed by atoms with Gasteiger partial charge in [-0.25, -0.2) is 0 Å². The van der Waals surface area contributed by atoms with E-state index < -0.39 is 0 Å². The van der Waals surface area contributed by atoms with Gasteiger partial charge in [0.05, 0.1) is 11.7 Å². The first kappa shape index (κ1) is 14.3. The Balaban J connectivity index is 1.66. The quantitative estimate of drug-likeness (QED) is 0.760. The molecule has 1 N–H and O–H groups in total. The van der Waals surface area contributed by atoms with Crippen LogP contribution in [0.5, 0.6) is 0 Å². The average Bonchev–Trinajstić information content (AvgIpc) is 3.33. The highest BCUT2D eigenvalue weighted by Crippen LogP contribution is 2.42. The van der Waals surface area contributed by atoms with Gasteiger partial charge in [0.2, 0.25) is 5.13 Å². The minimum absolute atomic E-state index is 0.0175. The van der Waals surface area contributed by atoms with E-state index in [9.17, 15) is 0 Å². The predicted octanol–water partition coefficient (Wildman–Crippen LogP) is 4.32. The first-order valence-electron chi connectivity index (χ1n) is 7.87. The van der Waals surface area contributed by atoms with Crippen LogP contribution in [0.1, 0.15) is 46.6 Å². The zero-order valence-electron chi connectivity index (χ0n) is 12.9.